The second-order valence-corrected chi connectivity index (χ2v) is 13.3. The lowest BCUT2D eigenvalue weighted by atomic mass is 9.94. The van der Waals surface area contributed by atoms with Crippen molar-refractivity contribution in [3.05, 3.63) is 87.1 Å². The number of pyridine rings is 1. The minimum absolute atomic E-state index is 0.0326. The van der Waals surface area contributed by atoms with E-state index in [9.17, 15) is 37.1 Å². The van der Waals surface area contributed by atoms with Gasteiger partial charge in [0.1, 0.15) is 11.9 Å². The smallest absolute Gasteiger partial charge is 0.325 e. The third-order valence-electron chi connectivity index (χ3n) is 9.96. The number of piperidine rings is 2. The predicted molar refractivity (Wildman–Crippen MR) is 178 cm³/mol. The Labute approximate surface area is 289 Å². The standard InChI is InChI=1S/C36H35F3N6O6/c1-20-16-24(18-42(2)33(20)48)22-6-7-26-28(17-22)44(14-15-51-36(37,38)39)31(40-26)21-10-12-43(13-11-21)19-23-4-3-5-25-30(23)35(50)45(34(25)49)27-8-9-29(46)41-32(27)47/h3-7,16-18,21,27H,8-15,19H2,1-2H3,(H,41,46,47). The van der Waals surface area contributed by atoms with E-state index in [0.29, 0.717) is 60.5 Å². The summed E-state index contributed by atoms with van der Waals surface area (Å²) in [5, 5.41) is 2.21. The Kier molecular flexibility index (Phi) is 8.87. The van der Waals surface area contributed by atoms with Gasteiger partial charge >= 0.3 is 6.36 Å². The van der Waals surface area contributed by atoms with Gasteiger partial charge < -0.3 is 9.13 Å². The van der Waals surface area contributed by atoms with Crippen LogP contribution in [0, 0.1) is 6.92 Å². The number of likely N-dealkylation sites (tertiary alicyclic amines) is 1. The number of imidazole rings is 1. The van der Waals surface area contributed by atoms with E-state index in [2.05, 4.69) is 15.0 Å². The van der Waals surface area contributed by atoms with Crippen molar-refractivity contribution in [2.75, 3.05) is 19.7 Å². The van der Waals surface area contributed by atoms with E-state index in [4.69, 9.17) is 4.98 Å². The average molecular weight is 705 g/mol. The maximum Gasteiger partial charge on any atom is 0.522 e. The molecule has 2 saturated heterocycles. The molecule has 51 heavy (non-hydrogen) atoms. The Balaban J connectivity index is 1.11. The molecule has 3 aliphatic rings. The first-order valence-electron chi connectivity index (χ1n) is 16.7. The van der Waals surface area contributed by atoms with E-state index in [1.54, 1.807) is 49.0 Å². The van der Waals surface area contributed by atoms with Crippen LogP contribution in [0.4, 0.5) is 13.2 Å². The van der Waals surface area contributed by atoms with E-state index in [0.717, 1.165) is 16.0 Å². The number of carbonyl (C=O) groups excluding carboxylic acids is 4. The number of aryl methyl sites for hydroxylation is 2. The molecule has 1 atom stereocenters. The van der Waals surface area contributed by atoms with Gasteiger partial charge in [0.15, 0.2) is 0 Å². The molecule has 0 radical (unpaired) electrons. The van der Waals surface area contributed by atoms with Gasteiger partial charge in [-0.05, 0) is 80.2 Å². The topological polar surface area (TPSA) is 136 Å². The number of alkyl halides is 3. The molecule has 0 aliphatic carbocycles. The number of carbonyl (C=O) groups is 4. The van der Waals surface area contributed by atoms with Crippen molar-refractivity contribution in [2.24, 2.45) is 7.05 Å². The molecule has 1 unspecified atom stereocenters. The highest BCUT2D eigenvalue weighted by molar-refractivity contribution is 6.24. The van der Waals surface area contributed by atoms with Crippen molar-refractivity contribution in [2.45, 2.75) is 64.0 Å². The minimum Gasteiger partial charge on any atom is -0.325 e. The zero-order chi connectivity index (χ0) is 36.2. The van der Waals surface area contributed by atoms with Gasteiger partial charge in [0.05, 0.1) is 28.8 Å². The number of amides is 4. The summed E-state index contributed by atoms with van der Waals surface area (Å²) in [5.41, 5.74) is 4.45. The van der Waals surface area contributed by atoms with Gasteiger partial charge in [-0.15, -0.1) is 13.2 Å². The Morgan fingerprint density at radius 2 is 1.73 bits per heavy atom. The molecule has 0 spiro atoms. The lowest BCUT2D eigenvalue weighted by Crippen LogP contribution is -2.54. The van der Waals surface area contributed by atoms with E-state index in [1.165, 1.54) is 4.57 Å². The third kappa shape index (κ3) is 6.58. The van der Waals surface area contributed by atoms with Gasteiger partial charge in [-0.25, -0.2) is 4.98 Å². The highest BCUT2D eigenvalue weighted by Gasteiger charge is 2.45. The van der Waals surface area contributed by atoms with Gasteiger partial charge in [0.25, 0.3) is 17.4 Å². The Hall–Kier alpha value is -5.15. The second kappa shape index (κ2) is 13.2. The monoisotopic (exact) mass is 704 g/mol. The SMILES string of the molecule is Cc1cc(-c2ccc3nc(C4CCN(Cc5cccc6c5C(=O)N(C5CCC(=O)NC5=O)C6=O)CC4)n(CCOC(F)(F)F)c3c2)cn(C)c1=O. The van der Waals surface area contributed by atoms with Crippen LogP contribution >= 0.6 is 0 Å². The van der Waals surface area contributed by atoms with Gasteiger partial charge in [-0.1, -0.05) is 18.2 Å². The Bertz CT molecular complexity index is 2120. The van der Waals surface area contributed by atoms with Crippen LogP contribution in [0.2, 0.25) is 0 Å². The molecule has 0 saturated carbocycles. The maximum absolute atomic E-state index is 13.6. The number of fused-ring (bicyclic) bond motifs is 2. The van der Waals surface area contributed by atoms with Crippen LogP contribution in [0.3, 0.4) is 0 Å². The first-order chi connectivity index (χ1) is 24.3. The number of nitrogens with zero attached hydrogens (tertiary/aromatic N) is 5. The van der Waals surface area contributed by atoms with Crippen LogP contribution < -0.4 is 10.9 Å². The first-order valence-corrected chi connectivity index (χ1v) is 16.7. The normalized spacial score (nSPS) is 18.9. The first kappa shape index (κ1) is 34.3. The number of rotatable bonds is 8. The van der Waals surface area contributed by atoms with Crippen molar-refractivity contribution in [3.63, 3.8) is 0 Å². The van der Waals surface area contributed by atoms with Crippen LogP contribution in [-0.2, 0) is 34.5 Å². The van der Waals surface area contributed by atoms with E-state index >= 15 is 0 Å². The van der Waals surface area contributed by atoms with Crippen LogP contribution in [0.15, 0.2) is 53.5 Å². The van der Waals surface area contributed by atoms with Crippen molar-refractivity contribution < 1.29 is 37.1 Å². The van der Waals surface area contributed by atoms with Crippen molar-refractivity contribution >= 4 is 34.7 Å². The van der Waals surface area contributed by atoms with Crippen LogP contribution in [0.1, 0.15) is 69.3 Å². The summed E-state index contributed by atoms with van der Waals surface area (Å²) >= 11 is 0. The molecule has 3 aliphatic heterocycles. The number of halogens is 3. The number of ether oxygens (including phenoxy) is 1. The summed E-state index contributed by atoms with van der Waals surface area (Å²) in [6.45, 7) is 2.63. The fraction of sp³-hybridized carbons (Fsp3) is 0.389. The number of imide groups is 2. The van der Waals surface area contributed by atoms with Gasteiger partial charge in [-0.3, -0.25) is 43.8 Å². The fourth-order valence-corrected chi connectivity index (χ4v) is 7.46. The van der Waals surface area contributed by atoms with Crippen LogP contribution in [0.25, 0.3) is 22.2 Å². The van der Waals surface area contributed by atoms with E-state index < -0.39 is 42.6 Å². The molecule has 7 rings (SSSR count). The van der Waals surface area contributed by atoms with Crippen LogP contribution in [-0.4, -0.2) is 79.6 Å². The summed E-state index contributed by atoms with van der Waals surface area (Å²) < 4.78 is 46.4. The number of hydrogen-bond acceptors (Lipinski definition) is 8. The lowest BCUT2D eigenvalue weighted by molar-refractivity contribution is -0.325. The Morgan fingerprint density at radius 1 is 0.961 bits per heavy atom. The molecule has 2 fully saturated rings. The maximum atomic E-state index is 13.6. The van der Waals surface area contributed by atoms with Crippen molar-refractivity contribution in [1.82, 2.24) is 29.2 Å². The highest BCUT2D eigenvalue weighted by atomic mass is 19.4. The molecular weight excluding hydrogens is 669 g/mol. The fourth-order valence-electron chi connectivity index (χ4n) is 7.46. The lowest BCUT2D eigenvalue weighted by Gasteiger charge is -2.32. The van der Waals surface area contributed by atoms with Crippen molar-refractivity contribution in [3.8, 4) is 11.1 Å². The predicted octanol–water partition coefficient (Wildman–Crippen LogP) is 4.03. The zero-order valence-electron chi connectivity index (χ0n) is 28.0. The summed E-state index contributed by atoms with van der Waals surface area (Å²) in [6, 6.07) is 11.4. The number of benzene rings is 2. The summed E-state index contributed by atoms with van der Waals surface area (Å²) in [4.78, 5) is 71.3. The molecule has 266 valence electrons. The highest BCUT2D eigenvalue weighted by Crippen LogP contribution is 2.35. The molecular formula is C36H35F3N6O6. The molecule has 1 N–H and O–H groups in total. The molecule has 2 aromatic carbocycles. The molecule has 15 heteroatoms. The van der Waals surface area contributed by atoms with Crippen LogP contribution in [0.5, 0.6) is 0 Å². The van der Waals surface area contributed by atoms with Crippen molar-refractivity contribution in [1.29, 1.82) is 0 Å². The minimum atomic E-state index is -4.78. The largest absolute Gasteiger partial charge is 0.522 e. The molecule has 4 aromatic rings. The summed E-state index contributed by atoms with van der Waals surface area (Å²) in [7, 11) is 1.67. The number of nitrogens with one attached hydrogen (secondary N) is 1. The zero-order valence-corrected chi connectivity index (χ0v) is 28.0. The molecule has 0 bridgehead atoms. The second-order valence-electron chi connectivity index (χ2n) is 13.3. The molecule has 4 amide bonds. The van der Waals surface area contributed by atoms with Gasteiger partial charge in [0, 0.05) is 44.2 Å². The molecule has 2 aromatic heterocycles. The number of aromatic nitrogens is 3. The van der Waals surface area contributed by atoms with E-state index in [-0.39, 0.29) is 42.0 Å². The quantitative estimate of drug-likeness (QED) is 0.272. The summed E-state index contributed by atoms with van der Waals surface area (Å²) in [6.07, 6.45) is -1.67. The van der Waals surface area contributed by atoms with E-state index in [1.807, 2.05) is 18.2 Å². The number of hydrogen-bond donors (Lipinski definition) is 1. The molecule has 5 heterocycles. The van der Waals surface area contributed by atoms with Gasteiger partial charge in [0.2, 0.25) is 11.8 Å². The Morgan fingerprint density at radius 3 is 2.43 bits per heavy atom. The third-order valence-corrected chi connectivity index (χ3v) is 9.96. The molecule has 12 nitrogen and oxygen atoms in total. The summed E-state index contributed by atoms with van der Waals surface area (Å²) in [5.74, 6) is -1.65. The average Bonchev–Trinajstić information content (AvgIpc) is 3.57. The van der Waals surface area contributed by atoms with Gasteiger partial charge in [-0.2, -0.15) is 0 Å².